The summed E-state index contributed by atoms with van der Waals surface area (Å²) >= 11 is 0. The summed E-state index contributed by atoms with van der Waals surface area (Å²) < 4.78 is 2.03. The lowest BCUT2D eigenvalue weighted by Gasteiger charge is -2.36. The Morgan fingerprint density at radius 1 is 0.949 bits per heavy atom. The van der Waals surface area contributed by atoms with Crippen molar-refractivity contribution >= 4 is 28.7 Å². The number of imidazole rings is 1. The van der Waals surface area contributed by atoms with Crippen molar-refractivity contribution in [1.29, 1.82) is 0 Å². The Labute approximate surface area is 231 Å². The molecule has 0 atom stereocenters. The van der Waals surface area contributed by atoms with Gasteiger partial charge in [0.1, 0.15) is 5.52 Å². The molecule has 204 valence electrons. The van der Waals surface area contributed by atoms with Gasteiger partial charge in [-0.2, -0.15) is 4.98 Å². The fourth-order valence-corrected chi connectivity index (χ4v) is 5.14. The number of hydrogen-bond acceptors (Lipinski definition) is 6. The van der Waals surface area contributed by atoms with Crippen LogP contribution in [0.25, 0.3) is 11.2 Å². The molecule has 2 aromatic heterocycles. The van der Waals surface area contributed by atoms with Gasteiger partial charge in [0.25, 0.3) is 5.91 Å². The first-order chi connectivity index (χ1) is 18.5. The Bertz CT molecular complexity index is 1490. The summed E-state index contributed by atoms with van der Waals surface area (Å²) in [4.78, 5) is 33.0. The zero-order valence-corrected chi connectivity index (χ0v) is 24.2. The Balaban J connectivity index is 1.37. The summed E-state index contributed by atoms with van der Waals surface area (Å²) in [6, 6.07) is 14.7. The molecule has 39 heavy (non-hydrogen) atoms. The molecule has 1 fully saturated rings. The zero-order chi connectivity index (χ0) is 27.9. The number of piperazine rings is 1. The molecule has 0 bridgehead atoms. The van der Waals surface area contributed by atoms with Gasteiger partial charge in [-0.1, -0.05) is 39.0 Å². The largest absolute Gasteiger partial charge is 0.368 e. The first-order valence-electron chi connectivity index (χ1n) is 13.6. The number of hydrogen-bond donors (Lipinski definition) is 0. The van der Waals surface area contributed by atoms with Crippen molar-refractivity contribution in [3.05, 3.63) is 76.7 Å². The van der Waals surface area contributed by atoms with Crippen molar-refractivity contribution in [2.24, 2.45) is 7.05 Å². The van der Waals surface area contributed by atoms with E-state index in [1.165, 1.54) is 16.7 Å². The molecule has 0 N–H and O–H groups in total. The lowest BCUT2D eigenvalue weighted by atomic mass is 9.84. The molecular weight excluding hydrogens is 486 g/mol. The van der Waals surface area contributed by atoms with E-state index in [9.17, 15) is 4.79 Å². The third-order valence-corrected chi connectivity index (χ3v) is 7.65. The van der Waals surface area contributed by atoms with Crippen LogP contribution in [-0.2, 0) is 18.9 Å². The number of nitrogens with zero attached hydrogens (tertiary/aromatic N) is 7. The molecule has 1 saturated heterocycles. The van der Waals surface area contributed by atoms with Gasteiger partial charge in [-0.15, -0.1) is 0 Å². The number of fused-ring (bicyclic) bond motifs is 1. The molecule has 4 aromatic rings. The molecule has 0 radical (unpaired) electrons. The van der Waals surface area contributed by atoms with Crippen LogP contribution in [0.1, 0.15) is 53.5 Å². The van der Waals surface area contributed by atoms with Gasteiger partial charge in [0, 0.05) is 65.0 Å². The van der Waals surface area contributed by atoms with Crippen molar-refractivity contribution in [1.82, 2.24) is 24.4 Å². The molecule has 8 nitrogen and oxygen atoms in total. The number of benzene rings is 2. The summed E-state index contributed by atoms with van der Waals surface area (Å²) in [5, 5.41) is 0. The average Bonchev–Trinajstić information content (AvgIpc) is 3.29. The normalized spacial score (nSPS) is 14.2. The van der Waals surface area contributed by atoms with Crippen LogP contribution in [0.4, 0.5) is 11.6 Å². The summed E-state index contributed by atoms with van der Waals surface area (Å²) in [6.07, 6.45) is 2.56. The van der Waals surface area contributed by atoms with Gasteiger partial charge in [0.05, 0.1) is 12.0 Å². The second-order valence-electron chi connectivity index (χ2n) is 11.8. The van der Waals surface area contributed by atoms with E-state index in [-0.39, 0.29) is 11.3 Å². The number of amides is 1. The Morgan fingerprint density at radius 2 is 1.62 bits per heavy atom. The second-order valence-corrected chi connectivity index (χ2v) is 11.8. The minimum absolute atomic E-state index is 0.0181. The number of carbonyl (C=O) groups is 1. The van der Waals surface area contributed by atoms with Crippen molar-refractivity contribution in [2.45, 2.75) is 39.5 Å². The third-order valence-electron chi connectivity index (χ3n) is 7.65. The van der Waals surface area contributed by atoms with Crippen molar-refractivity contribution in [2.75, 3.05) is 50.1 Å². The molecule has 3 heterocycles. The lowest BCUT2D eigenvalue weighted by molar-refractivity contribution is 0.0827. The monoisotopic (exact) mass is 525 g/mol. The van der Waals surface area contributed by atoms with E-state index in [0.717, 1.165) is 61.1 Å². The van der Waals surface area contributed by atoms with E-state index in [2.05, 4.69) is 60.7 Å². The molecule has 0 spiro atoms. The van der Waals surface area contributed by atoms with Gasteiger partial charge in [-0.3, -0.25) is 4.79 Å². The predicted molar refractivity (Wildman–Crippen MR) is 158 cm³/mol. The minimum atomic E-state index is 0.0181. The van der Waals surface area contributed by atoms with Gasteiger partial charge in [0.15, 0.2) is 5.65 Å². The molecular formula is C31H39N7O. The molecule has 0 saturated carbocycles. The summed E-state index contributed by atoms with van der Waals surface area (Å²) in [6.45, 7) is 12.3. The first-order valence-corrected chi connectivity index (χ1v) is 13.6. The lowest BCUT2D eigenvalue weighted by Crippen LogP contribution is -2.47. The maximum absolute atomic E-state index is 12.2. The van der Waals surface area contributed by atoms with E-state index >= 15 is 0 Å². The maximum atomic E-state index is 12.2. The van der Waals surface area contributed by atoms with Crippen LogP contribution in [0.15, 0.2) is 48.8 Å². The Morgan fingerprint density at radius 3 is 2.26 bits per heavy atom. The highest BCUT2D eigenvalue weighted by Crippen LogP contribution is 2.28. The molecule has 2 aromatic carbocycles. The molecule has 8 heteroatoms. The highest BCUT2D eigenvalue weighted by molar-refractivity contribution is 5.94. The molecule has 0 aliphatic carbocycles. The van der Waals surface area contributed by atoms with Crippen LogP contribution < -0.4 is 9.80 Å². The quantitative estimate of drug-likeness (QED) is 0.380. The van der Waals surface area contributed by atoms with Crippen LogP contribution >= 0.6 is 0 Å². The Hall–Kier alpha value is -3.94. The molecule has 1 aliphatic rings. The minimum Gasteiger partial charge on any atom is -0.368 e. The standard InChI is InChI=1S/C31H39N7O/c1-21-8-11-24(31(2,3)4)18-23(21)19-26-27-28(32-20-36(27)7)34-30(33-26)38-16-14-37(15-17-38)25-12-9-22(10-13-25)29(39)35(5)6/h8-13,18,20H,14-17,19H2,1-7H3. The fourth-order valence-electron chi connectivity index (χ4n) is 5.14. The topological polar surface area (TPSA) is 70.4 Å². The summed E-state index contributed by atoms with van der Waals surface area (Å²) in [5.74, 6) is 0.761. The van der Waals surface area contributed by atoms with Crippen LogP contribution in [0.5, 0.6) is 0 Å². The maximum Gasteiger partial charge on any atom is 0.253 e. The van der Waals surface area contributed by atoms with Crippen molar-refractivity contribution in [3.8, 4) is 0 Å². The highest BCUT2D eigenvalue weighted by atomic mass is 16.2. The van der Waals surface area contributed by atoms with Gasteiger partial charge in [0.2, 0.25) is 5.95 Å². The van der Waals surface area contributed by atoms with Crippen LogP contribution in [0, 0.1) is 6.92 Å². The van der Waals surface area contributed by atoms with E-state index in [1.54, 1.807) is 19.0 Å². The first kappa shape index (κ1) is 26.7. The van der Waals surface area contributed by atoms with Crippen LogP contribution in [0.2, 0.25) is 0 Å². The predicted octanol–water partition coefficient (Wildman–Crippen LogP) is 4.59. The van der Waals surface area contributed by atoms with E-state index < -0.39 is 0 Å². The number of aromatic nitrogens is 4. The number of carbonyl (C=O) groups excluding carboxylic acids is 1. The van der Waals surface area contributed by atoms with Crippen molar-refractivity contribution in [3.63, 3.8) is 0 Å². The smallest absolute Gasteiger partial charge is 0.253 e. The number of anilines is 2. The average molecular weight is 526 g/mol. The van der Waals surface area contributed by atoms with Gasteiger partial charge < -0.3 is 19.3 Å². The van der Waals surface area contributed by atoms with Gasteiger partial charge >= 0.3 is 0 Å². The fraction of sp³-hybridized carbons (Fsp3) is 0.419. The van der Waals surface area contributed by atoms with E-state index in [1.807, 2.05) is 42.2 Å². The molecule has 5 rings (SSSR count). The number of rotatable bonds is 5. The SMILES string of the molecule is Cc1ccc(C(C)(C)C)cc1Cc1nc(N2CCN(c3ccc(C(=O)N(C)C)cc3)CC2)nc2ncn(C)c12. The van der Waals surface area contributed by atoms with Crippen molar-refractivity contribution < 1.29 is 4.79 Å². The third kappa shape index (κ3) is 5.46. The summed E-state index contributed by atoms with van der Waals surface area (Å²) in [5.41, 5.74) is 8.54. The van der Waals surface area contributed by atoms with Crippen LogP contribution in [-0.4, -0.2) is 70.6 Å². The van der Waals surface area contributed by atoms with Gasteiger partial charge in [-0.25, -0.2) is 9.97 Å². The van der Waals surface area contributed by atoms with Gasteiger partial charge in [-0.05, 0) is 53.3 Å². The summed E-state index contributed by atoms with van der Waals surface area (Å²) in [7, 11) is 5.56. The molecule has 1 amide bonds. The molecule has 1 aliphatic heterocycles. The molecule has 0 unspecified atom stereocenters. The highest BCUT2D eigenvalue weighted by Gasteiger charge is 2.23. The van der Waals surface area contributed by atoms with E-state index in [0.29, 0.717) is 5.56 Å². The Kier molecular flexibility index (Phi) is 7.05. The second kappa shape index (κ2) is 10.3. The number of aryl methyl sites for hydroxylation is 2. The van der Waals surface area contributed by atoms with E-state index in [4.69, 9.17) is 9.97 Å². The van der Waals surface area contributed by atoms with Crippen LogP contribution in [0.3, 0.4) is 0 Å². The zero-order valence-electron chi connectivity index (χ0n) is 24.2.